The maximum Gasteiger partial charge on any atom is 0.0637 e. The molecule has 0 aromatic heterocycles. The van der Waals surface area contributed by atoms with E-state index in [9.17, 15) is 0 Å². The van der Waals surface area contributed by atoms with Gasteiger partial charge in [0.05, 0.1) is 18.3 Å². The first-order valence-corrected chi connectivity index (χ1v) is 19.2. The molecule has 0 amide bonds. The maximum absolute atomic E-state index is 7.00. The van der Waals surface area contributed by atoms with Crippen molar-refractivity contribution < 1.29 is 18.9 Å². The highest BCUT2D eigenvalue weighted by atomic mass is 16.5. The first-order valence-electron chi connectivity index (χ1n) is 19.2. The van der Waals surface area contributed by atoms with Crippen LogP contribution in [0.4, 0.5) is 0 Å². The molecule has 45 heavy (non-hydrogen) atoms. The average molecular weight is 636 g/mol. The summed E-state index contributed by atoms with van der Waals surface area (Å²) in [4.78, 5) is 0. The third-order valence-electron chi connectivity index (χ3n) is 13.3. The Balaban J connectivity index is 1.55. The van der Waals surface area contributed by atoms with Crippen molar-refractivity contribution in [2.75, 3.05) is 52.7 Å². The predicted molar refractivity (Wildman–Crippen MR) is 185 cm³/mol. The zero-order chi connectivity index (χ0) is 32.5. The summed E-state index contributed by atoms with van der Waals surface area (Å²) in [6.07, 6.45) is 15.8. The van der Waals surface area contributed by atoms with Gasteiger partial charge in [0.15, 0.2) is 0 Å². The Kier molecular flexibility index (Phi) is 15.0. The minimum Gasteiger partial charge on any atom is -0.381 e. The standard InChI is InChI=1S/C38H73N3O4/c1-27(2)14-23-42-19-6-10-28(3)31-11-12-32-36-33(26-35(38(31,32)5)45-22-9-18-41)37(4)15-13-30(43-20-7-16-39)24-29(37)25-34(36)44-21-8-17-40/h27-36H,6-26,39-41H2,1-5H3/t28?,29?,30-,31?,32+,33+,34-,35+,36?,37+,38-/m1/s1. The molecule has 7 heteroatoms. The van der Waals surface area contributed by atoms with Gasteiger partial charge in [-0.15, -0.1) is 0 Å². The highest BCUT2D eigenvalue weighted by molar-refractivity contribution is 5.15. The molecule has 0 aliphatic heterocycles. The number of ether oxygens (including phenoxy) is 4. The van der Waals surface area contributed by atoms with Crippen LogP contribution in [0.5, 0.6) is 0 Å². The summed E-state index contributed by atoms with van der Waals surface area (Å²) in [5.74, 6) is 4.51. The molecule has 0 radical (unpaired) electrons. The van der Waals surface area contributed by atoms with E-state index in [1.807, 2.05) is 0 Å². The molecule has 4 aliphatic carbocycles. The van der Waals surface area contributed by atoms with Gasteiger partial charge in [-0.25, -0.2) is 0 Å². The van der Waals surface area contributed by atoms with Gasteiger partial charge in [-0.05, 0) is 150 Å². The van der Waals surface area contributed by atoms with Crippen molar-refractivity contribution in [3.05, 3.63) is 0 Å². The number of rotatable bonds is 20. The van der Waals surface area contributed by atoms with Gasteiger partial charge >= 0.3 is 0 Å². The van der Waals surface area contributed by atoms with E-state index in [-0.39, 0.29) is 11.5 Å². The molecule has 11 atom stereocenters. The monoisotopic (exact) mass is 636 g/mol. The fourth-order valence-electron chi connectivity index (χ4n) is 10.7. The topological polar surface area (TPSA) is 115 Å². The van der Waals surface area contributed by atoms with Gasteiger partial charge in [0, 0.05) is 38.4 Å². The van der Waals surface area contributed by atoms with Gasteiger partial charge in [-0.1, -0.05) is 34.6 Å². The minimum absolute atomic E-state index is 0.162. The van der Waals surface area contributed by atoms with Crippen LogP contribution in [-0.4, -0.2) is 71.0 Å². The second-order valence-corrected chi connectivity index (χ2v) is 16.4. The summed E-state index contributed by atoms with van der Waals surface area (Å²) in [6.45, 7) is 18.5. The quantitative estimate of drug-likeness (QED) is 0.130. The van der Waals surface area contributed by atoms with Crippen LogP contribution in [0.25, 0.3) is 0 Å². The summed E-state index contributed by atoms with van der Waals surface area (Å²) >= 11 is 0. The van der Waals surface area contributed by atoms with E-state index in [0.29, 0.717) is 78.7 Å². The SMILES string of the molecule is CC(C)CCOCCCC(C)C1CC[C@H]2C3[C@H](OCCCN)CC4C[C@H](OCCCN)CC[C@]4(C)[C@H]3C[C@H](OCCCN)[C@]12C. The van der Waals surface area contributed by atoms with Crippen LogP contribution in [0.15, 0.2) is 0 Å². The minimum atomic E-state index is 0.162. The zero-order valence-electron chi connectivity index (χ0n) is 30.0. The van der Waals surface area contributed by atoms with Crippen molar-refractivity contribution in [1.82, 2.24) is 0 Å². The summed E-state index contributed by atoms with van der Waals surface area (Å²) in [6, 6.07) is 0. The second kappa shape index (κ2) is 17.9. The van der Waals surface area contributed by atoms with Crippen molar-refractivity contribution >= 4 is 0 Å². The highest BCUT2D eigenvalue weighted by Crippen LogP contribution is 2.69. The smallest absolute Gasteiger partial charge is 0.0637 e. The summed E-state index contributed by atoms with van der Waals surface area (Å²) in [5, 5.41) is 0. The van der Waals surface area contributed by atoms with Gasteiger partial charge < -0.3 is 36.1 Å². The molecule has 264 valence electrons. The Morgan fingerprint density at radius 2 is 1.38 bits per heavy atom. The maximum atomic E-state index is 7.00. The molecule has 0 spiro atoms. The molecular weight excluding hydrogens is 562 g/mol. The lowest BCUT2D eigenvalue weighted by molar-refractivity contribution is -0.227. The highest BCUT2D eigenvalue weighted by Gasteiger charge is 2.66. The molecule has 4 unspecified atom stereocenters. The summed E-state index contributed by atoms with van der Waals surface area (Å²) in [5.41, 5.74) is 18.2. The van der Waals surface area contributed by atoms with Crippen molar-refractivity contribution in [2.45, 2.75) is 136 Å². The molecule has 4 aliphatic rings. The molecule has 4 saturated carbocycles. The number of fused-ring (bicyclic) bond motifs is 5. The molecule has 0 heterocycles. The van der Waals surface area contributed by atoms with Crippen LogP contribution in [0, 0.1) is 52.3 Å². The fourth-order valence-corrected chi connectivity index (χ4v) is 10.7. The van der Waals surface area contributed by atoms with Crippen LogP contribution in [0.2, 0.25) is 0 Å². The Bertz CT molecular complexity index is 846. The zero-order valence-corrected chi connectivity index (χ0v) is 30.0. The Labute approximate surface area is 277 Å². The molecule has 0 aromatic rings. The van der Waals surface area contributed by atoms with E-state index in [2.05, 4.69) is 34.6 Å². The van der Waals surface area contributed by atoms with Gasteiger partial charge in [0.1, 0.15) is 0 Å². The predicted octanol–water partition coefficient (Wildman–Crippen LogP) is 6.55. The van der Waals surface area contributed by atoms with Gasteiger partial charge in [-0.3, -0.25) is 0 Å². The molecule has 0 aromatic carbocycles. The first kappa shape index (κ1) is 37.5. The lowest BCUT2D eigenvalue weighted by atomic mass is 9.43. The summed E-state index contributed by atoms with van der Waals surface area (Å²) < 4.78 is 26.3. The average Bonchev–Trinajstić information content (AvgIpc) is 3.37. The first-order chi connectivity index (χ1) is 21.7. The third kappa shape index (κ3) is 8.85. The fraction of sp³-hybridized carbons (Fsp3) is 1.00. The van der Waals surface area contributed by atoms with Crippen LogP contribution in [-0.2, 0) is 18.9 Å². The number of nitrogens with two attached hydrogens (primary N) is 3. The lowest BCUT2D eigenvalue weighted by Gasteiger charge is -2.65. The number of hydrogen-bond acceptors (Lipinski definition) is 7. The van der Waals surface area contributed by atoms with E-state index in [4.69, 9.17) is 36.1 Å². The van der Waals surface area contributed by atoms with Crippen LogP contribution < -0.4 is 17.2 Å². The van der Waals surface area contributed by atoms with E-state index < -0.39 is 0 Å². The van der Waals surface area contributed by atoms with Crippen molar-refractivity contribution in [3.8, 4) is 0 Å². The molecule has 4 rings (SSSR count). The lowest BCUT2D eigenvalue weighted by Crippen LogP contribution is -2.63. The van der Waals surface area contributed by atoms with Crippen molar-refractivity contribution in [3.63, 3.8) is 0 Å². The van der Waals surface area contributed by atoms with Crippen LogP contribution in [0.1, 0.15) is 118 Å². The van der Waals surface area contributed by atoms with Gasteiger partial charge in [0.25, 0.3) is 0 Å². The van der Waals surface area contributed by atoms with E-state index in [0.717, 1.165) is 84.4 Å². The van der Waals surface area contributed by atoms with Crippen LogP contribution >= 0.6 is 0 Å². The van der Waals surface area contributed by atoms with E-state index in [1.165, 1.54) is 32.1 Å². The van der Waals surface area contributed by atoms with Gasteiger partial charge in [0.2, 0.25) is 0 Å². The Hall–Kier alpha value is -0.280. The van der Waals surface area contributed by atoms with Crippen molar-refractivity contribution in [1.29, 1.82) is 0 Å². The molecule has 0 bridgehead atoms. The molecule has 6 N–H and O–H groups in total. The van der Waals surface area contributed by atoms with Gasteiger partial charge in [-0.2, -0.15) is 0 Å². The van der Waals surface area contributed by atoms with E-state index >= 15 is 0 Å². The largest absolute Gasteiger partial charge is 0.381 e. The molecule has 0 saturated heterocycles. The normalized spacial score (nSPS) is 38.6. The molecular formula is C38H73N3O4. The summed E-state index contributed by atoms with van der Waals surface area (Å²) in [7, 11) is 0. The second-order valence-electron chi connectivity index (χ2n) is 16.4. The number of hydrogen-bond donors (Lipinski definition) is 3. The Morgan fingerprint density at radius 3 is 2.07 bits per heavy atom. The Morgan fingerprint density at radius 1 is 0.689 bits per heavy atom. The third-order valence-corrected chi connectivity index (χ3v) is 13.3. The van der Waals surface area contributed by atoms with Crippen LogP contribution in [0.3, 0.4) is 0 Å². The molecule has 4 fully saturated rings. The molecule has 7 nitrogen and oxygen atoms in total. The van der Waals surface area contributed by atoms with Crippen molar-refractivity contribution in [2.24, 2.45) is 69.5 Å². The van der Waals surface area contributed by atoms with E-state index in [1.54, 1.807) is 0 Å².